The molecule has 0 saturated carbocycles. The smallest absolute Gasteiger partial charge is 0.123 e. The van der Waals surface area contributed by atoms with Gasteiger partial charge in [-0.15, -0.1) is 0 Å². The molecule has 2 atom stereocenters. The lowest BCUT2D eigenvalue weighted by molar-refractivity contribution is -0.00421. The molecule has 2 aromatic carbocycles. The topological polar surface area (TPSA) is 23.5 Å². The molecule has 2 aliphatic heterocycles. The first-order valence-corrected chi connectivity index (χ1v) is 10.0. The molecule has 0 radical (unpaired) electrons. The van der Waals surface area contributed by atoms with Gasteiger partial charge in [-0.05, 0) is 86.5 Å². The van der Waals surface area contributed by atoms with Crippen molar-refractivity contribution in [3.8, 4) is 0 Å². The number of nitrogens with zero attached hydrogens (tertiary/aromatic N) is 1. The quantitative estimate of drug-likeness (QED) is 0.830. The standard InChI is InChI=1S/C23H27F2NO/c24-20-10-6-18(7-11-20)23(27,19-8-12-21(25)13-9-19)16-17-4-3-15-26-14-2-1-5-22(17)26/h6-13,17,22,27H,1-5,14-16H2/t17-,22+/m0/s1. The second-order valence-electron chi connectivity index (χ2n) is 8.08. The number of hydrogen-bond acceptors (Lipinski definition) is 2. The SMILES string of the molecule is OC(C[C@@H]1CCCN2CCCC[C@H]12)(c1ccc(F)cc1)c1ccc(F)cc1. The zero-order valence-electron chi connectivity index (χ0n) is 15.6. The summed E-state index contributed by atoms with van der Waals surface area (Å²) >= 11 is 0. The van der Waals surface area contributed by atoms with Gasteiger partial charge in [0.15, 0.2) is 0 Å². The predicted molar refractivity (Wildman–Crippen MR) is 102 cm³/mol. The molecule has 2 aromatic rings. The van der Waals surface area contributed by atoms with Gasteiger partial charge in [0.2, 0.25) is 0 Å². The summed E-state index contributed by atoms with van der Waals surface area (Å²) in [5.41, 5.74) is 0.0962. The van der Waals surface area contributed by atoms with Crippen molar-refractivity contribution in [1.29, 1.82) is 0 Å². The van der Waals surface area contributed by atoms with E-state index in [9.17, 15) is 13.9 Å². The Morgan fingerprint density at radius 2 is 1.37 bits per heavy atom. The van der Waals surface area contributed by atoms with E-state index in [1.807, 2.05) is 0 Å². The van der Waals surface area contributed by atoms with Crippen molar-refractivity contribution in [2.45, 2.75) is 50.2 Å². The third-order valence-corrected chi connectivity index (χ3v) is 6.43. The molecule has 0 bridgehead atoms. The van der Waals surface area contributed by atoms with Crippen LogP contribution in [0.25, 0.3) is 0 Å². The van der Waals surface area contributed by atoms with E-state index in [-0.39, 0.29) is 11.6 Å². The van der Waals surface area contributed by atoms with Crippen molar-refractivity contribution in [3.63, 3.8) is 0 Å². The number of halogens is 2. The molecular formula is C23H27F2NO. The first-order chi connectivity index (χ1) is 13.1. The Labute approximate surface area is 159 Å². The second kappa shape index (κ2) is 7.69. The molecule has 2 saturated heterocycles. The van der Waals surface area contributed by atoms with Crippen LogP contribution in [0.5, 0.6) is 0 Å². The third kappa shape index (κ3) is 3.78. The van der Waals surface area contributed by atoms with Gasteiger partial charge in [-0.25, -0.2) is 8.78 Å². The maximum atomic E-state index is 13.5. The number of piperidine rings is 2. The summed E-state index contributed by atoms with van der Waals surface area (Å²) in [5.74, 6) is -0.271. The average molecular weight is 371 g/mol. The molecule has 2 fully saturated rings. The number of benzene rings is 2. The number of hydrogen-bond donors (Lipinski definition) is 1. The molecule has 0 aromatic heterocycles. The van der Waals surface area contributed by atoms with Gasteiger partial charge in [0.25, 0.3) is 0 Å². The molecule has 2 heterocycles. The highest BCUT2D eigenvalue weighted by molar-refractivity contribution is 5.36. The van der Waals surface area contributed by atoms with E-state index in [0.29, 0.717) is 29.5 Å². The fraction of sp³-hybridized carbons (Fsp3) is 0.478. The molecule has 0 aliphatic carbocycles. The van der Waals surface area contributed by atoms with Crippen LogP contribution < -0.4 is 0 Å². The Hall–Kier alpha value is -1.78. The van der Waals surface area contributed by atoms with Gasteiger partial charge in [-0.3, -0.25) is 0 Å². The number of fused-ring (bicyclic) bond motifs is 1. The minimum Gasteiger partial charge on any atom is -0.380 e. The fourth-order valence-electron chi connectivity index (χ4n) is 5.05. The van der Waals surface area contributed by atoms with Gasteiger partial charge in [0.1, 0.15) is 17.2 Å². The summed E-state index contributed by atoms with van der Waals surface area (Å²) < 4.78 is 26.9. The molecule has 4 rings (SSSR count). The summed E-state index contributed by atoms with van der Waals surface area (Å²) in [4.78, 5) is 2.58. The van der Waals surface area contributed by atoms with E-state index in [1.54, 1.807) is 24.3 Å². The highest BCUT2D eigenvalue weighted by atomic mass is 19.1. The van der Waals surface area contributed by atoms with Crippen molar-refractivity contribution in [1.82, 2.24) is 4.90 Å². The molecule has 144 valence electrons. The van der Waals surface area contributed by atoms with Gasteiger partial charge in [0.05, 0.1) is 0 Å². The Kier molecular flexibility index (Phi) is 5.29. The molecule has 2 aliphatic rings. The second-order valence-corrected chi connectivity index (χ2v) is 8.08. The highest BCUT2D eigenvalue weighted by Gasteiger charge is 2.40. The minimum atomic E-state index is -1.24. The van der Waals surface area contributed by atoms with Gasteiger partial charge < -0.3 is 10.0 Å². The average Bonchev–Trinajstić information content (AvgIpc) is 2.69. The van der Waals surface area contributed by atoms with Crippen molar-refractivity contribution < 1.29 is 13.9 Å². The van der Waals surface area contributed by atoms with Gasteiger partial charge in [-0.2, -0.15) is 0 Å². The highest BCUT2D eigenvalue weighted by Crippen LogP contribution is 2.42. The molecule has 1 N–H and O–H groups in total. The Morgan fingerprint density at radius 1 is 0.815 bits per heavy atom. The van der Waals surface area contributed by atoms with Crippen LogP contribution in [0.1, 0.15) is 49.7 Å². The van der Waals surface area contributed by atoms with Crippen LogP contribution in [0.3, 0.4) is 0 Å². The normalized spacial score (nSPS) is 23.8. The number of aliphatic hydroxyl groups is 1. The van der Waals surface area contributed by atoms with Crippen LogP contribution in [-0.4, -0.2) is 29.1 Å². The molecule has 0 spiro atoms. The predicted octanol–water partition coefficient (Wildman–Crippen LogP) is 4.86. The summed E-state index contributed by atoms with van der Waals surface area (Å²) in [6.07, 6.45) is 6.47. The minimum absolute atomic E-state index is 0.323. The van der Waals surface area contributed by atoms with Crippen LogP contribution in [0, 0.1) is 17.6 Å². The van der Waals surface area contributed by atoms with Crippen molar-refractivity contribution in [2.75, 3.05) is 13.1 Å². The van der Waals surface area contributed by atoms with E-state index in [2.05, 4.69) is 4.90 Å². The summed E-state index contributed by atoms with van der Waals surface area (Å²) in [5, 5.41) is 11.8. The van der Waals surface area contributed by atoms with Crippen molar-refractivity contribution in [3.05, 3.63) is 71.3 Å². The Bertz CT molecular complexity index is 711. The lowest BCUT2D eigenvalue weighted by Crippen LogP contribution is -2.49. The zero-order chi connectivity index (χ0) is 18.9. The van der Waals surface area contributed by atoms with E-state index in [4.69, 9.17) is 0 Å². The first-order valence-electron chi connectivity index (χ1n) is 10.0. The van der Waals surface area contributed by atoms with Crippen LogP contribution in [-0.2, 0) is 5.60 Å². The lowest BCUT2D eigenvalue weighted by atomic mass is 9.73. The first kappa shape index (κ1) is 18.6. The fourth-order valence-corrected chi connectivity index (χ4v) is 5.05. The summed E-state index contributed by atoms with van der Waals surface area (Å²) in [6, 6.07) is 12.7. The molecule has 0 amide bonds. The lowest BCUT2D eigenvalue weighted by Gasteiger charge is -2.46. The van der Waals surface area contributed by atoms with Crippen molar-refractivity contribution in [2.24, 2.45) is 5.92 Å². The maximum absolute atomic E-state index is 13.5. The Morgan fingerprint density at radius 3 is 1.96 bits per heavy atom. The van der Waals surface area contributed by atoms with Crippen LogP contribution in [0.4, 0.5) is 8.78 Å². The molecule has 2 nitrogen and oxygen atoms in total. The molecular weight excluding hydrogens is 344 g/mol. The molecule has 0 unspecified atom stereocenters. The van der Waals surface area contributed by atoms with Gasteiger partial charge in [0, 0.05) is 6.04 Å². The van der Waals surface area contributed by atoms with E-state index in [1.165, 1.54) is 43.5 Å². The van der Waals surface area contributed by atoms with Crippen LogP contribution in [0.15, 0.2) is 48.5 Å². The summed E-state index contributed by atoms with van der Waals surface area (Å²) in [6.45, 7) is 2.29. The number of rotatable bonds is 4. The van der Waals surface area contributed by atoms with E-state index >= 15 is 0 Å². The Balaban J connectivity index is 1.69. The van der Waals surface area contributed by atoms with E-state index in [0.717, 1.165) is 25.9 Å². The largest absolute Gasteiger partial charge is 0.380 e. The monoisotopic (exact) mass is 371 g/mol. The third-order valence-electron chi connectivity index (χ3n) is 6.43. The molecule has 4 heteroatoms. The molecule has 27 heavy (non-hydrogen) atoms. The van der Waals surface area contributed by atoms with Crippen LogP contribution >= 0.6 is 0 Å². The van der Waals surface area contributed by atoms with Crippen LogP contribution in [0.2, 0.25) is 0 Å². The maximum Gasteiger partial charge on any atom is 0.123 e. The van der Waals surface area contributed by atoms with Gasteiger partial charge in [-0.1, -0.05) is 30.7 Å². The van der Waals surface area contributed by atoms with Crippen molar-refractivity contribution >= 4 is 0 Å². The van der Waals surface area contributed by atoms with Gasteiger partial charge >= 0.3 is 0 Å². The summed E-state index contributed by atoms with van der Waals surface area (Å²) in [7, 11) is 0. The zero-order valence-corrected chi connectivity index (χ0v) is 15.6. The van der Waals surface area contributed by atoms with E-state index < -0.39 is 5.60 Å².